The zero-order valence-electron chi connectivity index (χ0n) is 11.4. The van der Waals surface area contributed by atoms with Crippen LogP contribution in [0.1, 0.15) is 39.5 Å². The van der Waals surface area contributed by atoms with Crippen molar-refractivity contribution >= 4 is 17.2 Å². The largest absolute Gasteiger partial charge is 0.471 e. The van der Waals surface area contributed by atoms with E-state index in [4.69, 9.17) is 0 Å². The molecule has 0 N–H and O–H groups in total. The summed E-state index contributed by atoms with van der Waals surface area (Å²) in [4.78, 5) is 21.3. The van der Waals surface area contributed by atoms with Gasteiger partial charge in [0.05, 0.1) is 5.01 Å². The molecule has 0 radical (unpaired) electrons. The zero-order valence-corrected chi connectivity index (χ0v) is 12.2. The third kappa shape index (κ3) is 2.82. The molecule has 22 heavy (non-hydrogen) atoms. The van der Waals surface area contributed by atoms with Crippen LogP contribution < -0.4 is 0 Å². The molecule has 118 valence electrons. The van der Waals surface area contributed by atoms with Crippen LogP contribution in [0.3, 0.4) is 0 Å². The molecular formula is C12H11F3N4O2S. The average Bonchev–Trinajstić information content (AvgIpc) is 3.16. The van der Waals surface area contributed by atoms with Crippen LogP contribution in [0.5, 0.6) is 0 Å². The molecule has 1 saturated heterocycles. The summed E-state index contributed by atoms with van der Waals surface area (Å²) < 4.78 is 41.6. The van der Waals surface area contributed by atoms with E-state index >= 15 is 0 Å². The van der Waals surface area contributed by atoms with Gasteiger partial charge in [0.25, 0.3) is 5.91 Å². The fraction of sp³-hybridized carbons (Fsp3) is 0.500. The van der Waals surface area contributed by atoms with E-state index in [1.807, 2.05) is 0 Å². The number of carbonyl (C=O) groups excluding carboxylic acids is 1. The molecule has 0 bridgehead atoms. The summed E-state index contributed by atoms with van der Waals surface area (Å²) in [5.74, 6) is -1.96. The van der Waals surface area contributed by atoms with E-state index in [9.17, 15) is 18.0 Å². The van der Waals surface area contributed by atoms with E-state index in [0.717, 1.165) is 5.01 Å². The second-order valence-electron chi connectivity index (χ2n) is 4.94. The minimum absolute atomic E-state index is 0.0166. The predicted octanol–water partition coefficient (Wildman–Crippen LogP) is 2.48. The van der Waals surface area contributed by atoms with Gasteiger partial charge in [-0.2, -0.15) is 18.2 Å². The Balaban J connectivity index is 1.70. The Bertz CT molecular complexity index is 697. The lowest BCUT2D eigenvalue weighted by Crippen LogP contribution is -2.28. The molecule has 2 aromatic heterocycles. The lowest BCUT2D eigenvalue weighted by Gasteiger charge is -2.14. The molecular weight excluding hydrogens is 321 g/mol. The molecule has 3 rings (SSSR count). The van der Waals surface area contributed by atoms with Crippen LogP contribution >= 0.6 is 11.3 Å². The standard InChI is InChI=1S/C12H11F3N4O2S/c1-6-16-8(5-22-6)10(20)19-3-2-7(4-19)9-17-11(21-18-9)12(13,14)15/h5,7H,2-4H2,1H3. The van der Waals surface area contributed by atoms with Crippen molar-refractivity contribution in [3.63, 3.8) is 0 Å². The highest BCUT2D eigenvalue weighted by Crippen LogP contribution is 2.31. The number of aromatic nitrogens is 3. The number of aryl methyl sites for hydroxylation is 1. The number of alkyl halides is 3. The number of carbonyl (C=O) groups is 1. The van der Waals surface area contributed by atoms with Crippen molar-refractivity contribution in [1.82, 2.24) is 20.0 Å². The van der Waals surface area contributed by atoms with Gasteiger partial charge in [0, 0.05) is 24.4 Å². The second-order valence-corrected chi connectivity index (χ2v) is 6.01. The van der Waals surface area contributed by atoms with Crippen molar-refractivity contribution in [3.05, 3.63) is 27.8 Å². The van der Waals surface area contributed by atoms with Gasteiger partial charge in [0.2, 0.25) is 0 Å². The third-order valence-corrected chi connectivity index (χ3v) is 4.14. The normalized spacial score (nSPS) is 18.9. The number of rotatable bonds is 2. The summed E-state index contributed by atoms with van der Waals surface area (Å²) in [6, 6.07) is 0. The second kappa shape index (κ2) is 5.34. The number of hydrogen-bond donors (Lipinski definition) is 0. The zero-order chi connectivity index (χ0) is 15.9. The van der Waals surface area contributed by atoms with Gasteiger partial charge < -0.3 is 9.42 Å². The Morgan fingerprint density at radius 3 is 2.82 bits per heavy atom. The fourth-order valence-electron chi connectivity index (χ4n) is 2.29. The van der Waals surface area contributed by atoms with Crippen molar-refractivity contribution in [2.45, 2.75) is 25.4 Å². The van der Waals surface area contributed by atoms with Gasteiger partial charge in [-0.15, -0.1) is 11.3 Å². The average molecular weight is 332 g/mol. The van der Waals surface area contributed by atoms with E-state index in [1.165, 1.54) is 11.3 Å². The molecule has 10 heteroatoms. The van der Waals surface area contributed by atoms with Crippen LogP contribution in [0.2, 0.25) is 0 Å². The summed E-state index contributed by atoms with van der Waals surface area (Å²) in [5, 5.41) is 5.83. The third-order valence-electron chi connectivity index (χ3n) is 3.36. The van der Waals surface area contributed by atoms with E-state index < -0.39 is 12.1 Å². The first-order valence-corrected chi connectivity index (χ1v) is 7.35. The van der Waals surface area contributed by atoms with Crippen molar-refractivity contribution in [2.24, 2.45) is 0 Å². The summed E-state index contributed by atoms with van der Waals surface area (Å²) in [6.45, 7) is 2.48. The number of amides is 1. The van der Waals surface area contributed by atoms with Crippen LogP contribution in [0, 0.1) is 6.92 Å². The maximum atomic E-state index is 12.4. The lowest BCUT2D eigenvalue weighted by atomic mass is 10.1. The van der Waals surface area contributed by atoms with Crippen LogP contribution in [0.15, 0.2) is 9.90 Å². The summed E-state index contributed by atoms with van der Waals surface area (Å²) in [6.07, 6.45) is -4.16. The Morgan fingerprint density at radius 2 is 2.23 bits per heavy atom. The summed E-state index contributed by atoms with van der Waals surface area (Å²) in [5.41, 5.74) is 0.354. The van der Waals surface area contributed by atoms with Crippen LogP contribution in [-0.2, 0) is 6.18 Å². The van der Waals surface area contributed by atoms with Gasteiger partial charge in [0.15, 0.2) is 5.82 Å². The predicted molar refractivity (Wildman–Crippen MR) is 69.4 cm³/mol. The van der Waals surface area contributed by atoms with Crippen molar-refractivity contribution < 1.29 is 22.5 Å². The van der Waals surface area contributed by atoms with E-state index in [-0.39, 0.29) is 24.2 Å². The molecule has 0 aromatic carbocycles. The topological polar surface area (TPSA) is 72.1 Å². The Labute approximate surface area is 127 Å². The highest BCUT2D eigenvalue weighted by atomic mass is 32.1. The maximum absolute atomic E-state index is 12.4. The van der Waals surface area contributed by atoms with E-state index in [0.29, 0.717) is 18.7 Å². The van der Waals surface area contributed by atoms with Gasteiger partial charge in [-0.1, -0.05) is 5.16 Å². The molecule has 3 heterocycles. The van der Waals surface area contributed by atoms with E-state index in [2.05, 4.69) is 19.6 Å². The van der Waals surface area contributed by atoms with E-state index in [1.54, 1.807) is 17.2 Å². The Morgan fingerprint density at radius 1 is 1.45 bits per heavy atom. The first-order valence-electron chi connectivity index (χ1n) is 6.47. The SMILES string of the molecule is Cc1nc(C(=O)N2CCC(c3noc(C(F)(F)F)n3)C2)cs1. The van der Waals surface area contributed by atoms with Gasteiger partial charge >= 0.3 is 12.1 Å². The van der Waals surface area contributed by atoms with Crippen LogP contribution in [0.4, 0.5) is 13.2 Å². The summed E-state index contributed by atoms with van der Waals surface area (Å²) in [7, 11) is 0. The highest BCUT2D eigenvalue weighted by molar-refractivity contribution is 7.09. The molecule has 1 fully saturated rings. The molecule has 0 spiro atoms. The number of thiazole rings is 1. The van der Waals surface area contributed by atoms with Gasteiger partial charge in [0.1, 0.15) is 5.69 Å². The highest BCUT2D eigenvalue weighted by Gasteiger charge is 2.40. The Kier molecular flexibility index (Phi) is 3.63. The molecule has 2 aromatic rings. The molecule has 0 saturated carbocycles. The number of nitrogens with zero attached hydrogens (tertiary/aromatic N) is 4. The minimum Gasteiger partial charge on any atom is -0.337 e. The minimum atomic E-state index is -4.66. The molecule has 1 aliphatic rings. The monoisotopic (exact) mass is 332 g/mol. The van der Waals surface area contributed by atoms with Crippen LogP contribution in [0.25, 0.3) is 0 Å². The molecule has 1 amide bonds. The van der Waals surface area contributed by atoms with Crippen molar-refractivity contribution in [1.29, 1.82) is 0 Å². The van der Waals surface area contributed by atoms with Crippen molar-refractivity contribution in [3.8, 4) is 0 Å². The Hall–Kier alpha value is -1.97. The first kappa shape index (κ1) is 14.9. The maximum Gasteiger partial charge on any atom is 0.471 e. The molecule has 1 aliphatic heterocycles. The van der Waals surface area contributed by atoms with Gasteiger partial charge in [-0.05, 0) is 13.3 Å². The van der Waals surface area contributed by atoms with Gasteiger partial charge in [-0.25, -0.2) is 4.98 Å². The molecule has 6 nitrogen and oxygen atoms in total. The lowest BCUT2D eigenvalue weighted by molar-refractivity contribution is -0.159. The van der Waals surface area contributed by atoms with Crippen molar-refractivity contribution in [2.75, 3.05) is 13.1 Å². The fourth-order valence-corrected chi connectivity index (χ4v) is 2.88. The van der Waals surface area contributed by atoms with Crippen LogP contribution in [-0.4, -0.2) is 39.0 Å². The molecule has 1 unspecified atom stereocenters. The molecule has 0 aliphatic carbocycles. The smallest absolute Gasteiger partial charge is 0.337 e. The first-order chi connectivity index (χ1) is 10.3. The number of hydrogen-bond acceptors (Lipinski definition) is 6. The number of likely N-dealkylation sites (tertiary alicyclic amines) is 1. The van der Waals surface area contributed by atoms with Gasteiger partial charge in [-0.3, -0.25) is 4.79 Å². The number of halogens is 3. The quantitative estimate of drug-likeness (QED) is 0.845. The summed E-state index contributed by atoms with van der Waals surface area (Å²) >= 11 is 1.37. The molecule has 1 atom stereocenters.